The summed E-state index contributed by atoms with van der Waals surface area (Å²) in [4.78, 5) is 13.0. The van der Waals surface area contributed by atoms with Crippen molar-refractivity contribution >= 4 is 67.9 Å². The first-order chi connectivity index (χ1) is 9.86. The Hall–Kier alpha value is -0.360. The number of anilines is 1. The molecule has 7 heteroatoms. The molecule has 1 fully saturated rings. The molecule has 0 aliphatic heterocycles. The van der Waals surface area contributed by atoms with Gasteiger partial charge in [0.25, 0.3) is 0 Å². The SMILES string of the molecule is NC(=S)C1(C(=O)Nc2c(Cl)cc(Br)cc2Cl)CCCCC1. The van der Waals surface area contributed by atoms with Gasteiger partial charge in [-0.2, -0.15) is 0 Å². The first-order valence-electron chi connectivity index (χ1n) is 6.63. The number of thiocarbonyl (C=S) groups is 1. The number of amides is 1. The van der Waals surface area contributed by atoms with Crippen LogP contribution in [0.15, 0.2) is 16.6 Å². The molecule has 0 spiro atoms. The van der Waals surface area contributed by atoms with Gasteiger partial charge in [-0.15, -0.1) is 0 Å². The number of benzene rings is 1. The molecule has 0 radical (unpaired) electrons. The third-order valence-electron chi connectivity index (χ3n) is 3.86. The molecule has 1 saturated carbocycles. The zero-order valence-corrected chi connectivity index (χ0v) is 15.1. The zero-order chi connectivity index (χ0) is 15.6. The molecule has 1 amide bonds. The second kappa shape index (κ2) is 6.82. The van der Waals surface area contributed by atoms with Crippen LogP contribution < -0.4 is 11.1 Å². The van der Waals surface area contributed by atoms with Crippen LogP contribution in [0.25, 0.3) is 0 Å². The van der Waals surface area contributed by atoms with Crippen molar-refractivity contribution in [3.63, 3.8) is 0 Å². The summed E-state index contributed by atoms with van der Waals surface area (Å²) in [6.07, 6.45) is 4.30. The Morgan fingerprint density at radius 2 is 1.76 bits per heavy atom. The molecule has 1 aliphatic rings. The largest absolute Gasteiger partial charge is 0.392 e. The molecule has 0 heterocycles. The monoisotopic (exact) mass is 408 g/mol. The third kappa shape index (κ3) is 3.52. The lowest BCUT2D eigenvalue weighted by Gasteiger charge is -2.34. The number of nitrogens with two attached hydrogens (primary N) is 1. The molecule has 21 heavy (non-hydrogen) atoms. The summed E-state index contributed by atoms with van der Waals surface area (Å²) in [5, 5.41) is 3.55. The number of carbonyl (C=O) groups is 1. The maximum absolute atomic E-state index is 12.7. The Kier molecular flexibility index (Phi) is 5.52. The highest BCUT2D eigenvalue weighted by molar-refractivity contribution is 9.10. The Labute approximate surface area is 147 Å². The fourth-order valence-corrected chi connectivity index (χ4v) is 4.24. The average molecular weight is 410 g/mol. The van der Waals surface area contributed by atoms with Gasteiger partial charge >= 0.3 is 0 Å². The van der Waals surface area contributed by atoms with Crippen LogP contribution in [0.3, 0.4) is 0 Å². The van der Waals surface area contributed by atoms with Crippen molar-refractivity contribution in [2.75, 3.05) is 5.32 Å². The fourth-order valence-electron chi connectivity index (χ4n) is 2.64. The lowest BCUT2D eigenvalue weighted by molar-refractivity contribution is -0.123. The van der Waals surface area contributed by atoms with Gasteiger partial charge in [0.1, 0.15) is 0 Å². The van der Waals surface area contributed by atoms with E-state index in [4.69, 9.17) is 41.2 Å². The lowest BCUT2D eigenvalue weighted by atomic mass is 9.73. The molecule has 0 saturated heterocycles. The number of nitrogens with one attached hydrogen (secondary N) is 1. The van der Waals surface area contributed by atoms with Gasteiger partial charge in [-0.3, -0.25) is 4.79 Å². The predicted molar refractivity (Wildman–Crippen MR) is 95.1 cm³/mol. The highest BCUT2D eigenvalue weighted by Gasteiger charge is 2.42. The molecule has 0 unspecified atom stereocenters. The summed E-state index contributed by atoms with van der Waals surface area (Å²) in [7, 11) is 0. The Morgan fingerprint density at radius 3 is 2.24 bits per heavy atom. The quantitative estimate of drug-likeness (QED) is 0.695. The molecular formula is C14H15BrCl2N2OS. The summed E-state index contributed by atoms with van der Waals surface area (Å²) in [5.41, 5.74) is 5.45. The van der Waals surface area contributed by atoms with Crippen LogP contribution in [0.2, 0.25) is 10.0 Å². The molecule has 3 N–H and O–H groups in total. The maximum Gasteiger partial charge on any atom is 0.237 e. The average Bonchev–Trinajstić information content (AvgIpc) is 2.43. The van der Waals surface area contributed by atoms with E-state index in [2.05, 4.69) is 21.2 Å². The first-order valence-corrected chi connectivity index (χ1v) is 8.58. The van der Waals surface area contributed by atoms with E-state index in [9.17, 15) is 4.79 Å². The smallest absolute Gasteiger partial charge is 0.237 e. The van der Waals surface area contributed by atoms with Gasteiger partial charge in [-0.1, -0.05) is 70.6 Å². The van der Waals surface area contributed by atoms with Crippen molar-refractivity contribution in [1.82, 2.24) is 0 Å². The molecule has 1 aromatic carbocycles. The van der Waals surface area contributed by atoms with Gasteiger partial charge in [0, 0.05) is 4.47 Å². The Bertz CT molecular complexity index is 565. The van der Waals surface area contributed by atoms with Crippen LogP contribution >= 0.6 is 51.3 Å². The second-order valence-electron chi connectivity index (χ2n) is 5.21. The Morgan fingerprint density at radius 1 is 1.24 bits per heavy atom. The number of hydrogen-bond acceptors (Lipinski definition) is 2. The molecular weight excluding hydrogens is 395 g/mol. The summed E-state index contributed by atoms with van der Waals surface area (Å²) in [6, 6.07) is 3.36. The van der Waals surface area contributed by atoms with E-state index in [1.165, 1.54) is 0 Å². The third-order valence-corrected chi connectivity index (χ3v) is 5.30. The topological polar surface area (TPSA) is 55.1 Å². The predicted octanol–water partition coefficient (Wildman–Crippen LogP) is 4.93. The van der Waals surface area contributed by atoms with Gasteiger partial charge < -0.3 is 11.1 Å². The maximum atomic E-state index is 12.7. The molecule has 1 aliphatic carbocycles. The van der Waals surface area contributed by atoms with Crippen LogP contribution in [0.5, 0.6) is 0 Å². The van der Waals surface area contributed by atoms with Gasteiger partial charge in [-0.25, -0.2) is 0 Å². The molecule has 0 atom stereocenters. The normalized spacial score (nSPS) is 17.3. The van der Waals surface area contributed by atoms with Crippen LogP contribution in [-0.2, 0) is 4.79 Å². The van der Waals surface area contributed by atoms with E-state index in [0.29, 0.717) is 28.6 Å². The minimum absolute atomic E-state index is 0.221. The lowest BCUT2D eigenvalue weighted by Crippen LogP contribution is -2.47. The summed E-state index contributed by atoms with van der Waals surface area (Å²) in [6.45, 7) is 0. The van der Waals surface area contributed by atoms with Crippen molar-refractivity contribution in [1.29, 1.82) is 0 Å². The number of carbonyl (C=O) groups excluding carboxylic acids is 1. The highest BCUT2D eigenvalue weighted by atomic mass is 79.9. The highest BCUT2D eigenvalue weighted by Crippen LogP contribution is 2.40. The van der Waals surface area contributed by atoms with Crippen molar-refractivity contribution < 1.29 is 4.79 Å². The minimum atomic E-state index is -0.798. The van der Waals surface area contributed by atoms with E-state index in [-0.39, 0.29) is 10.9 Å². The van der Waals surface area contributed by atoms with E-state index in [0.717, 1.165) is 23.7 Å². The molecule has 2 rings (SSSR count). The molecule has 3 nitrogen and oxygen atoms in total. The van der Waals surface area contributed by atoms with E-state index in [1.54, 1.807) is 12.1 Å². The van der Waals surface area contributed by atoms with Crippen LogP contribution in [-0.4, -0.2) is 10.9 Å². The summed E-state index contributed by atoms with van der Waals surface area (Å²) in [5.74, 6) is -0.221. The van der Waals surface area contributed by atoms with Gasteiger partial charge in [0.2, 0.25) is 5.91 Å². The van der Waals surface area contributed by atoms with E-state index in [1.807, 2.05) is 0 Å². The zero-order valence-electron chi connectivity index (χ0n) is 11.2. The van der Waals surface area contributed by atoms with Crippen molar-refractivity contribution in [2.45, 2.75) is 32.1 Å². The van der Waals surface area contributed by atoms with Gasteiger partial charge in [0.05, 0.1) is 26.1 Å². The van der Waals surface area contributed by atoms with Crippen LogP contribution in [0.4, 0.5) is 5.69 Å². The van der Waals surface area contributed by atoms with Crippen LogP contribution in [0.1, 0.15) is 32.1 Å². The standard InChI is InChI=1S/C14H15BrCl2N2OS/c15-8-6-9(16)11(10(17)7-8)19-13(20)14(12(18)21)4-2-1-3-5-14/h6-7H,1-5H2,(H2,18,21)(H,19,20). The Balaban J connectivity index is 2.30. The summed E-state index contributed by atoms with van der Waals surface area (Å²) >= 11 is 20.8. The second-order valence-corrected chi connectivity index (χ2v) is 7.38. The minimum Gasteiger partial charge on any atom is -0.392 e. The molecule has 0 aromatic heterocycles. The van der Waals surface area contributed by atoms with E-state index >= 15 is 0 Å². The first kappa shape index (κ1) is 17.0. The van der Waals surface area contributed by atoms with Crippen LogP contribution in [0, 0.1) is 5.41 Å². The number of hydrogen-bond donors (Lipinski definition) is 2. The van der Waals surface area contributed by atoms with Crippen molar-refractivity contribution in [3.8, 4) is 0 Å². The molecule has 0 bridgehead atoms. The molecule has 114 valence electrons. The van der Waals surface area contributed by atoms with Crippen molar-refractivity contribution in [2.24, 2.45) is 11.1 Å². The number of halogens is 3. The molecule has 1 aromatic rings. The van der Waals surface area contributed by atoms with Crippen molar-refractivity contribution in [3.05, 3.63) is 26.7 Å². The van der Waals surface area contributed by atoms with Gasteiger partial charge in [0.15, 0.2) is 0 Å². The van der Waals surface area contributed by atoms with E-state index < -0.39 is 5.41 Å². The number of rotatable bonds is 3. The fraction of sp³-hybridized carbons (Fsp3) is 0.429. The van der Waals surface area contributed by atoms with Gasteiger partial charge in [-0.05, 0) is 25.0 Å². The summed E-state index contributed by atoms with van der Waals surface area (Å²) < 4.78 is 0.747.